The average Bonchev–Trinajstić information content (AvgIpc) is 2.54. The van der Waals surface area contributed by atoms with Gasteiger partial charge in [0, 0.05) is 18.8 Å². The van der Waals surface area contributed by atoms with Crippen LogP contribution in [0.5, 0.6) is 0 Å². The van der Waals surface area contributed by atoms with Gasteiger partial charge in [-0.3, -0.25) is 5.43 Å². The number of nitrogens with one attached hydrogen (secondary N) is 1. The van der Waals surface area contributed by atoms with Gasteiger partial charge in [-0.25, -0.2) is 0 Å². The Balaban J connectivity index is 2.04. The van der Waals surface area contributed by atoms with Crippen molar-refractivity contribution < 1.29 is 0 Å². The summed E-state index contributed by atoms with van der Waals surface area (Å²) in [6.07, 6.45) is 1.69. The van der Waals surface area contributed by atoms with Gasteiger partial charge in [0.2, 0.25) is 0 Å². The van der Waals surface area contributed by atoms with Gasteiger partial charge < -0.3 is 10.6 Å². The van der Waals surface area contributed by atoms with Crippen LogP contribution in [-0.2, 0) is 6.54 Å². The number of nitrogens with two attached hydrogens (primary N) is 1. The highest BCUT2D eigenvalue weighted by Crippen LogP contribution is 2.17. The number of hydrogen-bond acceptors (Lipinski definition) is 3. The molecule has 0 unspecified atom stereocenters. The smallest absolute Gasteiger partial charge is 0.184 e. The summed E-state index contributed by atoms with van der Waals surface area (Å²) in [5.41, 5.74) is 11.3. The van der Waals surface area contributed by atoms with Crippen LogP contribution in [-0.4, -0.2) is 17.9 Å². The van der Waals surface area contributed by atoms with E-state index >= 15 is 0 Å². The Morgan fingerprint density at radius 3 is 2.45 bits per heavy atom. The Bertz CT molecular complexity index is 623. The monoisotopic (exact) mass is 312 g/mol. The maximum Gasteiger partial charge on any atom is 0.184 e. The summed E-state index contributed by atoms with van der Waals surface area (Å²) in [7, 11) is 0. The Labute approximate surface area is 136 Å². The highest BCUT2D eigenvalue weighted by Gasteiger charge is 2.04. The Kier molecular flexibility index (Phi) is 5.91. The molecule has 0 heterocycles. The second-order valence-electron chi connectivity index (χ2n) is 4.83. The van der Waals surface area contributed by atoms with Crippen LogP contribution in [0.15, 0.2) is 59.7 Å². The predicted octanol–water partition coefficient (Wildman–Crippen LogP) is 2.88. The van der Waals surface area contributed by atoms with Crippen molar-refractivity contribution in [1.82, 2.24) is 5.43 Å². The molecule has 0 spiro atoms. The van der Waals surface area contributed by atoms with Crippen molar-refractivity contribution in [2.45, 2.75) is 13.5 Å². The van der Waals surface area contributed by atoms with Crippen molar-refractivity contribution in [2.75, 3.05) is 11.4 Å². The number of thiocarbonyl (C=S) groups is 1. The van der Waals surface area contributed by atoms with Crippen LogP contribution in [0.2, 0.25) is 0 Å². The highest BCUT2D eigenvalue weighted by molar-refractivity contribution is 7.80. The van der Waals surface area contributed by atoms with Crippen molar-refractivity contribution in [3.63, 3.8) is 0 Å². The highest BCUT2D eigenvalue weighted by atomic mass is 32.1. The van der Waals surface area contributed by atoms with Crippen molar-refractivity contribution in [3.05, 3.63) is 65.7 Å². The lowest BCUT2D eigenvalue weighted by Gasteiger charge is -2.23. The number of benzene rings is 2. The molecule has 0 amide bonds. The van der Waals surface area contributed by atoms with E-state index in [9.17, 15) is 0 Å². The number of hydrazone groups is 1. The molecule has 0 aromatic heterocycles. The third kappa shape index (κ3) is 4.86. The van der Waals surface area contributed by atoms with Gasteiger partial charge in [0.25, 0.3) is 0 Å². The minimum atomic E-state index is 0.160. The molecule has 2 aromatic carbocycles. The molecule has 22 heavy (non-hydrogen) atoms. The molecule has 4 nitrogen and oxygen atoms in total. The summed E-state index contributed by atoms with van der Waals surface area (Å²) in [5, 5.41) is 4.11. The van der Waals surface area contributed by atoms with E-state index < -0.39 is 0 Å². The topological polar surface area (TPSA) is 53.6 Å². The minimum Gasteiger partial charge on any atom is -0.375 e. The van der Waals surface area contributed by atoms with Crippen LogP contribution in [0.3, 0.4) is 0 Å². The number of hydrogen-bond donors (Lipinski definition) is 2. The first kappa shape index (κ1) is 16.0. The molecule has 5 heteroatoms. The first-order chi connectivity index (χ1) is 10.7. The minimum absolute atomic E-state index is 0.160. The van der Waals surface area contributed by atoms with E-state index in [1.807, 2.05) is 18.2 Å². The van der Waals surface area contributed by atoms with Crippen LogP contribution in [0, 0.1) is 0 Å². The summed E-state index contributed by atoms with van der Waals surface area (Å²) >= 11 is 4.69. The quantitative estimate of drug-likeness (QED) is 0.489. The lowest BCUT2D eigenvalue weighted by Crippen LogP contribution is -2.24. The fourth-order valence-corrected chi connectivity index (χ4v) is 2.18. The zero-order chi connectivity index (χ0) is 15.8. The second kappa shape index (κ2) is 8.14. The molecular weight excluding hydrogens is 292 g/mol. The van der Waals surface area contributed by atoms with Crippen molar-refractivity contribution in [3.8, 4) is 0 Å². The number of nitrogens with zero attached hydrogens (tertiary/aromatic N) is 2. The molecule has 0 aliphatic rings. The molecule has 0 saturated heterocycles. The van der Waals surface area contributed by atoms with Crippen LogP contribution < -0.4 is 16.1 Å². The number of rotatable bonds is 6. The largest absolute Gasteiger partial charge is 0.375 e. The maximum atomic E-state index is 5.31. The van der Waals surface area contributed by atoms with E-state index in [0.29, 0.717) is 0 Å². The summed E-state index contributed by atoms with van der Waals surface area (Å²) < 4.78 is 0. The fourth-order valence-electron chi connectivity index (χ4n) is 2.13. The molecule has 2 rings (SSSR count). The molecule has 3 N–H and O–H groups in total. The molecule has 0 fully saturated rings. The van der Waals surface area contributed by atoms with E-state index in [0.717, 1.165) is 18.7 Å². The molecule has 0 atom stereocenters. The Morgan fingerprint density at radius 1 is 1.18 bits per heavy atom. The first-order valence-corrected chi connectivity index (χ1v) is 7.57. The van der Waals surface area contributed by atoms with Crippen LogP contribution in [0.25, 0.3) is 0 Å². The summed E-state index contributed by atoms with van der Waals surface area (Å²) in [6.45, 7) is 4.00. The lowest BCUT2D eigenvalue weighted by molar-refractivity contribution is 0.832. The summed E-state index contributed by atoms with van der Waals surface area (Å²) in [6, 6.07) is 18.7. The lowest BCUT2D eigenvalue weighted by atomic mass is 10.1. The van der Waals surface area contributed by atoms with Crippen LogP contribution in [0.4, 0.5) is 5.69 Å². The molecule has 0 bridgehead atoms. The second-order valence-corrected chi connectivity index (χ2v) is 5.27. The van der Waals surface area contributed by atoms with Gasteiger partial charge >= 0.3 is 0 Å². The summed E-state index contributed by atoms with van der Waals surface area (Å²) in [4.78, 5) is 2.32. The third-order valence-corrected chi connectivity index (χ3v) is 3.34. The van der Waals surface area contributed by atoms with Gasteiger partial charge in [0.15, 0.2) is 5.11 Å². The van der Waals surface area contributed by atoms with Crippen molar-refractivity contribution in [1.29, 1.82) is 0 Å². The van der Waals surface area contributed by atoms with E-state index in [4.69, 9.17) is 18.0 Å². The standard InChI is InChI=1S/C17H20N4S/c1-2-21(13-15-6-4-3-5-7-15)16-10-8-14(9-11-16)12-19-20-17(18)22/h3-12H,2,13H2,1H3,(H3,18,20,22). The van der Waals surface area contributed by atoms with Crippen LogP contribution in [0.1, 0.15) is 18.1 Å². The molecule has 0 aliphatic heterocycles. The zero-order valence-corrected chi connectivity index (χ0v) is 13.4. The SMILES string of the molecule is CCN(Cc1ccccc1)c1ccc(C=NNC(N)=S)cc1. The average molecular weight is 312 g/mol. The Morgan fingerprint density at radius 2 is 1.86 bits per heavy atom. The van der Waals surface area contributed by atoms with E-state index in [1.165, 1.54) is 11.3 Å². The van der Waals surface area contributed by atoms with Gasteiger partial charge in [0.1, 0.15) is 0 Å². The van der Waals surface area contributed by atoms with Crippen molar-refractivity contribution >= 4 is 29.2 Å². The van der Waals surface area contributed by atoms with Gasteiger partial charge in [0.05, 0.1) is 6.21 Å². The van der Waals surface area contributed by atoms with E-state index in [-0.39, 0.29) is 5.11 Å². The van der Waals surface area contributed by atoms with E-state index in [2.05, 4.69) is 58.7 Å². The van der Waals surface area contributed by atoms with Gasteiger partial charge in [-0.05, 0) is 42.4 Å². The molecule has 0 radical (unpaired) electrons. The first-order valence-electron chi connectivity index (χ1n) is 7.16. The molecule has 2 aromatic rings. The molecule has 114 valence electrons. The maximum absolute atomic E-state index is 5.31. The van der Waals surface area contributed by atoms with Crippen molar-refractivity contribution in [2.24, 2.45) is 10.8 Å². The number of anilines is 1. The summed E-state index contributed by atoms with van der Waals surface area (Å²) in [5.74, 6) is 0. The van der Waals surface area contributed by atoms with Crippen LogP contribution >= 0.6 is 12.2 Å². The molecular formula is C17H20N4S. The zero-order valence-electron chi connectivity index (χ0n) is 12.6. The van der Waals surface area contributed by atoms with Gasteiger partial charge in [-0.1, -0.05) is 42.5 Å². The molecule has 0 aliphatic carbocycles. The van der Waals surface area contributed by atoms with Gasteiger partial charge in [-0.2, -0.15) is 5.10 Å². The normalized spacial score (nSPS) is 10.6. The molecule has 0 saturated carbocycles. The third-order valence-electron chi connectivity index (χ3n) is 3.24. The predicted molar refractivity (Wildman–Crippen MR) is 97.1 cm³/mol. The van der Waals surface area contributed by atoms with E-state index in [1.54, 1.807) is 6.21 Å². The fraction of sp³-hybridized carbons (Fsp3) is 0.176. The Hall–Kier alpha value is -2.40. The van der Waals surface area contributed by atoms with Gasteiger partial charge in [-0.15, -0.1) is 0 Å².